The van der Waals surface area contributed by atoms with Gasteiger partial charge in [-0.05, 0) is 12.8 Å². The van der Waals surface area contributed by atoms with E-state index in [4.69, 9.17) is 5.73 Å². The Bertz CT molecular complexity index is 375. The molecule has 1 heterocycles. The maximum absolute atomic E-state index is 6.12. The summed E-state index contributed by atoms with van der Waals surface area (Å²) in [6, 6.07) is 0.260. The maximum Gasteiger partial charge on any atom is 0.156 e. The van der Waals surface area contributed by atoms with Gasteiger partial charge in [0.15, 0.2) is 5.82 Å². The number of rotatable bonds is 1. The van der Waals surface area contributed by atoms with Gasteiger partial charge in [-0.25, -0.2) is 4.98 Å². The highest BCUT2D eigenvalue weighted by molar-refractivity contribution is 5.10. The number of aromatic nitrogens is 3. The van der Waals surface area contributed by atoms with Gasteiger partial charge in [0.05, 0.1) is 0 Å². The average Bonchev–Trinajstić information content (AvgIpc) is 2.70. The zero-order valence-electron chi connectivity index (χ0n) is 10.7. The minimum atomic E-state index is 0.0126. The molecule has 0 aromatic carbocycles. The fourth-order valence-corrected chi connectivity index (χ4v) is 2.35. The Kier molecular flexibility index (Phi) is 2.78. The van der Waals surface area contributed by atoms with E-state index in [0.29, 0.717) is 5.92 Å². The summed E-state index contributed by atoms with van der Waals surface area (Å²) in [5, 5.41) is 4.51. The van der Waals surface area contributed by atoms with Gasteiger partial charge in [-0.15, -0.1) is 0 Å². The van der Waals surface area contributed by atoms with Crippen molar-refractivity contribution in [3.05, 3.63) is 11.6 Å². The quantitative estimate of drug-likeness (QED) is 0.787. The third-order valence-corrected chi connectivity index (χ3v) is 3.37. The van der Waals surface area contributed by atoms with E-state index in [1.165, 1.54) is 6.42 Å². The van der Waals surface area contributed by atoms with Gasteiger partial charge in [0.25, 0.3) is 0 Å². The molecule has 2 unspecified atom stereocenters. The van der Waals surface area contributed by atoms with Gasteiger partial charge in [0.2, 0.25) is 0 Å². The average molecular weight is 222 g/mol. The number of aryl methyl sites for hydroxylation is 1. The highest BCUT2D eigenvalue weighted by Crippen LogP contribution is 2.33. The van der Waals surface area contributed by atoms with E-state index in [2.05, 4.69) is 30.9 Å². The Morgan fingerprint density at radius 3 is 2.44 bits per heavy atom. The lowest BCUT2D eigenvalue weighted by Gasteiger charge is -2.14. The summed E-state index contributed by atoms with van der Waals surface area (Å²) in [5.41, 5.74) is 6.13. The van der Waals surface area contributed by atoms with Crippen molar-refractivity contribution in [1.29, 1.82) is 0 Å². The summed E-state index contributed by atoms with van der Waals surface area (Å²) < 4.78 is 1.91. The summed E-state index contributed by atoms with van der Waals surface area (Å²) in [4.78, 5) is 4.69. The summed E-state index contributed by atoms with van der Waals surface area (Å²) in [7, 11) is 1.97. The van der Waals surface area contributed by atoms with Crippen LogP contribution in [-0.4, -0.2) is 20.8 Å². The normalized spacial score (nSPS) is 26.3. The molecule has 1 aromatic rings. The summed E-state index contributed by atoms with van der Waals surface area (Å²) >= 11 is 0. The highest BCUT2D eigenvalue weighted by atomic mass is 15.3. The van der Waals surface area contributed by atoms with Crippen LogP contribution in [0.3, 0.4) is 0 Å². The molecule has 1 aliphatic carbocycles. The molecule has 4 nitrogen and oxygen atoms in total. The molecular weight excluding hydrogens is 200 g/mol. The predicted octanol–water partition coefficient (Wildman–Crippen LogP) is 1.71. The second-order valence-electron chi connectivity index (χ2n) is 5.87. The van der Waals surface area contributed by atoms with E-state index in [1.807, 2.05) is 11.7 Å². The minimum Gasteiger partial charge on any atom is -0.327 e. The van der Waals surface area contributed by atoms with Crippen molar-refractivity contribution in [2.75, 3.05) is 0 Å². The van der Waals surface area contributed by atoms with Crippen molar-refractivity contribution >= 4 is 0 Å². The molecule has 16 heavy (non-hydrogen) atoms. The Labute approximate surface area is 97.2 Å². The van der Waals surface area contributed by atoms with Crippen LogP contribution in [0.1, 0.15) is 57.6 Å². The zero-order chi connectivity index (χ0) is 11.9. The molecule has 1 fully saturated rings. The first-order chi connectivity index (χ1) is 7.39. The predicted molar refractivity (Wildman–Crippen MR) is 64.3 cm³/mol. The van der Waals surface area contributed by atoms with Gasteiger partial charge < -0.3 is 5.73 Å². The lowest BCUT2D eigenvalue weighted by Crippen LogP contribution is -2.25. The van der Waals surface area contributed by atoms with Crippen LogP contribution >= 0.6 is 0 Å². The van der Waals surface area contributed by atoms with Gasteiger partial charge in [-0.1, -0.05) is 27.2 Å². The van der Waals surface area contributed by atoms with Crippen LogP contribution in [0.2, 0.25) is 0 Å². The summed E-state index contributed by atoms with van der Waals surface area (Å²) in [6.45, 7) is 6.42. The molecule has 1 aliphatic rings. The molecule has 0 radical (unpaired) electrons. The largest absolute Gasteiger partial charge is 0.327 e. The van der Waals surface area contributed by atoms with Gasteiger partial charge in [0, 0.05) is 24.4 Å². The van der Waals surface area contributed by atoms with E-state index >= 15 is 0 Å². The highest BCUT2D eigenvalue weighted by Gasteiger charge is 2.31. The Morgan fingerprint density at radius 2 is 2.00 bits per heavy atom. The molecule has 1 saturated carbocycles. The number of hydrogen-bond acceptors (Lipinski definition) is 3. The van der Waals surface area contributed by atoms with Crippen molar-refractivity contribution in [3.8, 4) is 0 Å². The van der Waals surface area contributed by atoms with Gasteiger partial charge in [-0.3, -0.25) is 4.68 Å². The molecule has 0 spiro atoms. The van der Waals surface area contributed by atoms with Crippen molar-refractivity contribution in [2.24, 2.45) is 12.8 Å². The smallest absolute Gasteiger partial charge is 0.156 e. The lowest BCUT2D eigenvalue weighted by molar-refractivity contribution is 0.536. The number of hydrogen-bond donors (Lipinski definition) is 1. The van der Waals surface area contributed by atoms with Crippen molar-refractivity contribution in [2.45, 2.75) is 57.4 Å². The third-order valence-electron chi connectivity index (χ3n) is 3.37. The molecule has 0 bridgehead atoms. The fraction of sp³-hybridized carbons (Fsp3) is 0.833. The molecule has 0 aliphatic heterocycles. The first-order valence-electron chi connectivity index (χ1n) is 6.06. The van der Waals surface area contributed by atoms with Crippen LogP contribution in [-0.2, 0) is 12.5 Å². The maximum atomic E-state index is 6.12. The molecule has 4 heteroatoms. The number of nitrogens with zero attached hydrogens (tertiary/aromatic N) is 3. The topological polar surface area (TPSA) is 56.7 Å². The molecule has 2 atom stereocenters. The molecule has 0 saturated heterocycles. The van der Waals surface area contributed by atoms with Crippen LogP contribution in [0.25, 0.3) is 0 Å². The van der Waals surface area contributed by atoms with E-state index in [9.17, 15) is 0 Å². The standard InChI is InChI=1S/C12H22N4/c1-12(2,3)11-14-10(16(4)15-11)8-6-5-7-9(8)13/h8-9H,5-7,13H2,1-4H3. The second kappa shape index (κ2) is 3.84. The van der Waals surface area contributed by atoms with Crippen molar-refractivity contribution in [3.63, 3.8) is 0 Å². The van der Waals surface area contributed by atoms with Crippen LogP contribution < -0.4 is 5.73 Å². The van der Waals surface area contributed by atoms with Crippen LogP contribution in [0.5, 0.6) is 0 Å². The monoisotopic (exact) mass is 222 g/mol. The zero-order valence-corrected chi connectivity index (χ0v) is 10.7. The number of nitrogens with two attached hydrogens (primary N) is 1. The van der Waals surface area contributed by atoms with Gasteiger partial charge in [-0.2, -0.15) is 5.10 Å². The molecule has 2 N–H and O–H groups in total. The van der Waals surface area contributed by atoms with Crippen LogP contribution in [0.4, 0.5) is 0 Å². The molecule has 1 aromatic heterocycles. The first kappa shape index (κ1) is 11.6. The lowest BCUT2D eigenvalue weighted by atomic mass is 9.96. The molecule has 0 amide bonds. The van der Waals surface area contributed by atoms with Gasteiger partial charge in [0.1, 0.15) is 5.82 Å². The Morgan fingerprint density at radius 1 is 1.31 bits per heavy atom. The second-order valence-corrected chi connectivity index (χ2v) is 5.87. The summed E-state index contributed by atoms with van der Waals surface area (Å²) in [5.74, 6) is 2.38. The third kappa shape index (κ3) is 1.98. The Balaban J connectivity index is 2.32. The van der Waals surface area contributed by atoms with E-state index in [0.717, 1.165) is 24.5 Å². The minimum absolute atomic E-state index is 0.0126. The van der Waals surface area contributed by atoms with Crippen molar-refractivity contribution < 1.29 is 0 Å². The fourth-order valence-electron chi connectivity index (χ4n) is 2.35. The SMILES string of the molecule is Cn1nc(C(C)(C)C)nc1C1CCCC1N. The van der Waals surface area contributed by atoms with E-state index in [-0.39, 0.29) is 11.5 Å². The first-order valence-corrected chi connectivity index (χ1v) is 6.06. The van der Waals surface area contributed by atoms with Crippen molar-refractivity contribution in [1.82, 2.24) is 14.8 Å². The van der Waals surface area contributed by atoms with E-state index in [1.54, 1.807) is 0 Å². The molecule has 2 rings (SSSR count). The molecule has 90 valence electrons. The molecular formula is C12H22N4. The van der Waals surface area contributed by atoms with Crippen LogP contribution in [0.15, 0.2) is 0 Å². The van der Waals surface area contributed by atoms with Gasteiger partial charge >= 0.3 is 0 Å². The Hall–Kier alpha value is -0.900. The summed E-state index contributed by atoms with van der Waals surface area (Å²) in [6.07, 6.45) is 3.48. The van der Waals surface area contributed by atoms with E-state index < -0.39 is 0 Å². The van der Waals surface area contributed by atoms with Crippen LogP contribution in [0, 0.1) is 0 Å².